The van der Waals surface area contributed by atoms with E-state index >= 15 is 0 Å². The molecule has 0 radical (unpaired) electrons. The summed E-state index contributed by atoms with van der Waals surface area (Å²) in [7, 11) is 0. The molecule has 3 aromatic rings. The number of fused-ring (bicyclic) bond motifs is 1. The van der Waals surface area contributed by atoms with Gasteiger partial charge in [-0.15, -0.1) is 10.2 Å². The van der Waals surface area contributed by atoms with E-state index in [1.807, 2.05) is 31.2 Å². The van der Waals surface area contributed by atoms with Crippen LogP contribution in [0, 0.1) is 12.8 Å². The molecule has 1 aliphatic rings. The smallest absolute Gasteiger partial charge is 0.287 e. The Morgan fingerprint density at radius 2 is 2.10 bits per heavy atom. The number of furan rings is 1. The lowest BCUT2D eigenvalue weighted by Crippen LogP contribution is -2.45. The molecule has 2 aromatic heterocycles. The molecule has 0 bridgehead atoms. The number of hydrogen-bond donors (Lipinski definition) is 1. The lowest BCUT2D eigenvalue weighted by atomic mass is 9.98. The second-order valence-electron chi connectivity index (χ2n) is 8.06. The van der Waals surface area contributed by atoms with E-state index in [1.54, 1.807) is 23.1 Å². The molecule has 1 fully saturated rings. The van der Waals surface area contributed by atoms with E-state index in [4.69, 9.17) is 4.42 Å². The Morgan fingerprint density at radius 3 is 2.83 bits per heavy atom. The maximum absolute atomic E-state index is 13.0. The molecule has 160 valence electrons. The summed E-state index contributed by atoms with van der Waals surface area (Å²) in [6.45, 7) is 9.26. The average Bonchev–Trinajstić information content (AvgIpc) is 3.34. The Hall–Kier alpha value is -1.90. The number of likely N-dealkylation sites (tertiary alicyclic amines) is 1. The van der Waals surface area contributed by atoms with Crippen molar-refractivity contribution < 1.29 is 9.21 Å². The van der Waals surface area contributed by atoms with Gasteiger partial charge in [0, 0.05) is 29.3 Å². The number of carbonyl (C=O) groups is 1. The van der Waals surface area contributed by atoms with Crippen LogP contribution in [-0.2, 0) is 5.75 Å². The van der Waals surface area contributed by atoms with Gasteiger partial charge in [0.1, 0.15) is 10.6 Å². The summed E-state index contributed by atoms with van der Waals surface area (Å²) < 4.78 is 6.87. The Morgan fingerprint density at radius 1 is 1.33 bits per heavy atom. The SMILES string of the molecule is Cc1nnc(SCc2c(C(=O)NCC(C)N3CCC(C)CC3)oc3ccccc23)s1. The largest absolute Gasteiger partial charge is 0.451 e. The Labute approximate surface area is 185 Å². The number of benzene rings is 1. The number of para-hydroxylation sites is 1. The van der Waals surface area contributed by atoms with Crippen LogP contribution in [0.5, 0.6) is 0 Å². The minimum atomic E-state index is -0.146. The predicted octanol–water partition coefficient (Wildman–Crippen LogP) is 4.74. The molecule has 3 heterocycles. The van der Waals surface area contributed by atoms with E-state index < -0.39 is 0 Å². The number of thioether (sulfide) groups is 1. The van der Waals surface area contributed by atoms with Crippen LogP contribution >= 0.6 is 23.1 Å². The third-order valence-corrected chi connectivity index (χ3v) is 7.75. The normalized spacial score (nSPS) is 16.8. The van der Waals surface area contributed by atoms with Crippen molar-refractivity contribution in [2.75, 3.05) is 19.6 Å². The number of hydrogen-bond acceptors (Lipinski definition) is 7. The highest BCUT2D eigenvalue weighted by Crippen LogP contribution is 2.33. The molecule has 4 rings (SSSR count). The fourth-order valence-corrected chi connectivity index (χ4v) is 5.66. The molecular formula is C22H28N4O2S2. The molecular weight excluding hydrogens is 416 g/mol. The van der Waals surface area contributed by atoms with Crippen LogP contribution in [0.15, 0.2) is 33.0 Å². The minimum Gasteiger partial charge on any atom is -0.451 e. The lowest BCUT2D eigenvalue weighted by molar-refractivity contribution is 0.0896. The number of aryl methyl sites for hydroxylation is 1. The van der Waals surface area contributed by atoms with Gasteiger partial charge in [0.15, 0.2) is 10.1 Å². The third kappa shape index (κ3) is 4.87. The van der Waals surface area contributed by atoms with Gasteiger partial charge in [-0.25, -0.2) is 0 Å². The van der Waals surface area contributed by atoms with Crippen molar-refractivity contribution in [3.8, 4) is 0 Å². The summed E-state index contributed by atoms with van der Waals surface area (Å²) in [6.07, 6.45) is 2.46. The van der Waals surface area contributed by atoms with Crippen LogP contribution in [0.3, 0.4) is 0 Å². The van der Waals surface area contributed by atoms with Crippen molar-refractivity contribution in [1.82, 2.24) is 20.4 Å². The van der Waals surface area contributed by atoms with Crippen LogP contribution < -0.4 is 5.32 Å². The zero-order valence-corrected chi connectivity index (χ0v) is 19.3. The summed E-state index contributed by atoms with van der Waals surface area (Å²) in [6, 6.07) is 8.13. The highest BCUT2D eigenvalue weighted by atomic mass is 32.2. The summed E-state index contributed by atoms with van der Waals surface area (Å²) in [5.74, 6) is 1.68. The van der Waals surface area contributed by atoms with Crippen molar-refractivity contribution in [3.05, 3.63) is 40.6 Å². The van der Waals surface area contributed by atoms with Crippen molar-refractivity contribution in [1.29, 1.82) is 0 Å². The first-order valence-electron chi connectivity index (χ1n) is 10.5. The van der Waals surface area contributed by atoms with Gasteiger partial charge < -0.3 is 9.73 Å². The van der Waals surface area contributed by atoms with Gasteiger partial charge in [0.25, 0.3) is 5.91 Å². The van der Waals surface area contributed by atoms with E-state index in [2.05, 4.69) is 34.3 Å². The highest BCUT2D eigenvalue weighted by molar-refractivity contribution is 8.00. The first-order chi connectivity index (χ1) is 14.5. The predicted molar refractivity (Wildman–Crippen MR) is 122 cm³/mol. The van der Waals surface area contributed by atoms with Gasteiger partial charge in [-0.1, -0.05) is 48.2 Å². The average molecular weight is 445 g/mol. The van der Waals surface area contributed by atoms with Gasteiger partial charge in [0.05, 0.1) is 0 Å². The quantitative estimate of drug-likeness (QED) is 0.531. The Bertz CT molecular complexity index is 1010. The molecule has 1 unspecified atom stereocenters. The number of amides is 1. The molecule has 1 aromatic carbocycles. The maximum atomic E-state index is 13.0. The maximum Gasteiger partial charge on any atom is 0.287 e. The molecule has 8 heteroatoms. The van der Waals surface area contributed by atoms with Gasteiger partial charge in [0.2, 0.25) is 0 Å². The van der Waals surface area contributed by atoms with Crippen LogP contribution in [0.25, 0.3) is 11.0 Å². The molecule has 1 atom stereocenters. The molecule has 1 saturated heterocycles. The zero-order valence-electron chi connectivity index (χ0n) is 17.7. The second-order valence-corrected chi connectivity index (χ2v) is 10.5. The summed E-state index contributed by atoms with van der Waals surface area (Å²) in [5.41, 5.74) is 1.66. The summed E-state index contributed by atoms with van der Waals surface area (Å²) in [5, 5.41) is 13.3. The zero-order chi connectivity index (χ0) is 21.1. The van der Waals surface area contributed by atoms with Crippen molar-refractivity contribution >= 4 is 40.0 Å². The molecule has 1 aliphatic heterocycles. The Kier molecular flexibility index (Phi) is 6.75. The van der Waals surface area contributed by atoms with Crippen LogP contribution in [0.4, 0.5) is 0 Å². The highest BCUT2D eigenvalue weighted by Gasteiger charge is 2.24. The number of piperidine rings is 1. The monoisotopic (exact) mass is 444 g/mol. The van der Waals surface area contributed by atoms with Gasteiger partial charge in [-0.3, -0.25) is 9.69 Å². The third-order valence-electron chi connectivity index (χ3n) is 5.75. The van der Waals surface area contributed by atoms with Gasteiger partial charge >= 0.3 is 0 Å². The number of rotatable bonds is 7. The van der Waals surface area contributed by atoms with Gasteiger partial charge in [-0.05, 0) is 51.8 Å². The van der Waals surface area contributed by atoms with Crippen molar-refractivity contribution in [2.45, 2.75) is 49.7 Å². The van der Waals surface area contributed by atoms with E-state index in [-0.39, 0.29) is 5.91 Å². The number of nitrogens with one attached hydrogen (secondary N) is 1. The Balaban J connectivity index is 1.46. The van der Waals surface area contributed by atoms with Crippen molar-refractivity contribution in [3.63, 3.8) is 0 Å². The van der Waals surface area contributed by atoms with E-state index in [0.29, 0.717) is 24.1 Å². The second kappa shape index (κ2) is 9.49. The van der Waals surface area contributed by atoms with Crippen LogP contribution in [-0.4, -0.2) is 46.7 Å². The minimum absolute atomic E-state index is 0.146. The first kappa shape index (κ1) is 21.3. The number of nitrogens with zero attached hydrogens (tertiary/aromatic N) is 3. The van der Waals surface area contributed by atoms with Crippen LogP contribution in [0.1, 0.15) is 47.8 Å². The lowest BCUT2D eigenvalue weighted by Gasteiger charge is -2.34. The fraction of sp³-hybridized carbons (Fsp3) is 0.500. The summed E-state index contributed by atoms with van der Waals surface area (Å²) >= 11 is 3.15. The molecule has 0 saturated carbocycles. The van der Waals surface area contributed by atoms with E-state index in [0.717, 1.165) is 44.9 Å². The molecule has 6 nitrogen and oxygen atoms in total. The number of aromatic nitrogens is 2. The fourth-order valence-electron chi connectivity index (χ4n) is 3.82. The van der Waals surface area contributed by atoms with E-state index in [1.165, 1.54) is 12.8 Å². The molecule has 0 spiro atoms. The van der Waals surface area contributed by atoms with Crippen LogP contribution in [0.2, 0.25) is 0 Å². The number of carbonyl (C=O) groups excluding carboxylic acids is 1. The topological polar surface area (TPSA) is 71.3 Å². The summed E-state index contributed by atoms with van der Waals surface area (Å²) in [4.78, 5) is 15.5. The molecule has 1 N–H and O–H groups in total. The standard InChI is InChI=1S/C22H28N4O2S2/c1-14-8-10-26(11-9-14)15(2)12-23-21(27)20-18(13-29-22-25-24-16(3)30-22)17-6-4-5-7-19(17)28-20/h4-7,14-15H,8-13H2,1-3H3,(H,23,27). The molecule has 0 aliphatic carbocycles. The molecule has 1 amide bonds. The van der Waals surface area contributed by atoms with E-state index in [9.17, 15) is 4.79 Å². The van der Waals surface area contributed by atoms with Crippen molar-refractivity contribution in [2.24, 2.45) is 5.92 Å². The van der Waals surface area contributed by atoms with Gasteiger partial charge in [-0.2, -0.15) is 0 Å². The molecule has 30 heavy (non-hydrogen) atoms. The first-order valence-corrected chi connectivity index (χ1v) is 12.3.